The van der Waals surface area contributed by atoms with Gasteiger partial charge in [-0.05, 0) is 54.5 Å². The van der Waals surface area contributed by atoms with Crippen LogP contribution in [0.1, 0.15) is 21.5 Å². The molecule has 172 valence electrons. The molecule has 4 rings (SSSR count). The molecule has 0 aromatic heterocycles. The smallest absolute Gasteiger partial charge is 0.264 e. The first kappa shape index (κ1) is 23.6. The fourth-order valence-electron chi connectivity index (χ4n) is 3.38. The Labute approximate surface area is 207 Å². The van der Waals surface area contributed by atoms with E-state index in [1.165, 1.54) is 23.1 Å². The van der Waals surface area contributed by atoms with Gasteiger partial charge in [-0.15, -0.1) is 0 Å². The topological polar surface area (TPSA) is 81.8 Å². The number of carbonyl (C=O) groups excluding carboxylic acids is 1. The van der Waals surface area contributed by atoms with Crippen LogP contribution >= 0.6 is 35.3 Å². The molecule has 1 amide bonds. The monoisotopic (exact) mass is 522 g/mol. The molecule has 0 bridgehead atoms. The highest BCUT2D eigenvalue weighted by Crippen LogP contribution is 2.34. The predicted octanol–water partition coefficient (Wildman–Crippen LogP) is 5.04. The largest absolute Gasteiger partial charge is 0.337 e. The highest BCUT2D eigenvalue weighted by Gasteiger charge is 2.31. The van der Waals surface area contributed by atoms with Crippen LogP contribution in [0.25, 0.3) is 0 Å². The van der Waals surface area contributed by atoms with Crippen LogP contribution in [-0.4, -0.2) is 30.6 Å². The van der Waals surface area contributed by atoms with Gasteiger partial charge in [-0.25, -0.2) is 8.42 Å². The van der Waals surface area contributed by atoms with E-state index in [2.05, 4.69) is 9.44 Å². The summed E-state index contributed by atoms with van der Waals surface area (Å²) in [6.07, 6.45) is 6.54. The second kappa shape index (κ2) is 9.34. The molecule has 2 heterocycles. The Bertz CT molecular complexity index is 1320. The second-order valence-corrected chi connectivity index (χ2v) is 10.8. The van der Waals surface area contributed by atoms with Gasteiger partial charge in [-0.2, -0.15) is 0 Å². The Balaban J connectivity index is 1.61. The summed E-state index contributed by atoms with van der Waals surface area (Å²) in [6, 6.07) is 10.1. The number of halogens is 2. The van der Waals surface area contributed by atoms with E-state index in [0.29, 0.717) is 15.7 Å². The minimum atomic E-state index is -3.97. The molecule has 0 unspecified atom stereocenters. The fourth-order valence-corrected chi connectivity index (χ4v) is 5.82. The van der Waals surface area contributed by atoms with Gasteiger partial charge in [0.05, 0.1) is 29.1 Å². The summed E-state index contributed by atoms with van der Waals surface area (Å²) in [6.45, 7) is 2.06. The zero-order chi connectivity index (χ0) is 23.8. The average Bonchev–Trinajstić information content (AvgIpc) is 3.24. The van der Waals surface area contributed by atoms with Gasteiger partial charge in [-0.3, -0.25) is 13.8 Å². The number of rotatable bonds is 6. The van der Waals surface area contributed by atoms with Crippen molar-refractivity contribution < 1.29 is 13.2 Å². The van der Waals surface area contributed by atoms with Gasteiger partial charge in [-0.1, -0.05) is 35.3 Å². The lowest BCUT2D eigenvalue weighted by atomic mass is 10.1. The van der Waals surface area contributed by atoms with Crippen LogP contribution in [0, 0.1) is 6.92 Å². The van der Waals surface area contributed by atoms with Crippen molar-refractivity contribution in [3.63, 3.8) is 0 Å². The number of amides is 1. The summed E-state index contributed by atoms with van der Waals surface area (Å²) in [7, 11) is -2.34. The molecule has 0 aliphatic carbocycles. The Morgan fingerprint density at radius 2 is 2.00 bits per heavy atom. The average molecular weight is 523 g/mol. The lowest BCUT2D eigenvalue weighted by Crippen LogP contribution is -2.28. The number of sulfonamides is 1. The van der Waals surface area contributed by atoms with E-state index in [1.54, 1.807) is 66.2 Å². The lowest BCUT2D eigenvalue weighted by Gasteiger charge is -2.23. The van der Waals surface area contributed by atoms with Crippen molar-refractivity contribution in [3.05, 3.63) is 98.3 Å². The van der Waals surface area contributed by atoms with Crippen LogP contribution in [0.5, 0.6) is 0 Å². The minimum Gasteiger partial charge on any atom is -0.337 e. The molecule has 0 fully saturated rings. The van der Waals surface area contributed by atoms with E-state index < -0.39 is 10.0 Å². The van der Waals surface area contributed by atoms with Gasteiger partial charge in [0, 0.05) is 36.0 Å². The van der Waals surface area contributed by atoms with Crippen molar-refractivity contribution in [2.75, 3.05) is 11.8 Å². The maximum absolute atomic E-state index is 13.3. The zero-order valence-corrected chi connectivity index (χ0v) is 20.8. The fraction of sp³-hybridized carbons (Fsp3) is 0.136. The Hall–Kier alpha value is -2.59. The van der Waals surface area contributed by atoms with E-state index in [9.17, 15) is 13.2 Å². The maximum atomic E-state index is 13.3. The van der Waals surface area contributed by atoms with Gasteiger partial charge < -0.3 is 9.62 Å². The predicted molar refractivity (Wildman–Crippen MR) is 134 cm³/mol. The standard InChI is InChI=1S/C22H20Cl2N4O3S2/c1-14-5-8-17(22(29)27(2)13-15-6-7-16(23)11-18(15)24)19(10-14)26-33(30,31)21-4-3-9-28-20(21)12-25-32-28/h3-12,25-26H,13H2,1-2H3. The number of fused-ring (bicyclic) bond motifs is 1. The molecule has 0 radical (unpaired) electrons. The van der Waals surface area contributed by atoms with Crippen LogP contribution in [0.2, 0.25) is 10.0 Å². The first-order chi connectivity index (χ1) is 15.7. The number of nitrogens with zero attached hydrogens (tertiary/aromatic N) is 2. The van der Waals surface area contributed by atoms with E-state index in [-0.39, 0.29) is 28.6 Å². The SMILES string of the molecule is Cc1ccc(C(=O)N(C)Cc2ccc(Cl)cc2Cl)c(NS(=O)(=O)C2=CC=CN3SNC=C23)c1. The second-order valence-electron chi connectivity index (χ2n) is 7.49. The molecule has 2 N–H and O–H groups in total. The van der Waals surface area contributed by atoms with Crippen LogP contribution in [-0.2, 0) is 16.6 Å². The van der Waals surface area contributed by atoms with Crippen molar-refractivity contribution in [1.29, 1.82) is 0 Å². The molecule has 33 heavy (non-hydrogen) atoms. The quantitative estimate of drug-likeness (QED) is 0.517. The van der Waals surface area contributed by atoms with E-state index in [0.717, 1.165) is 11.1 Å². The van der Waals surface area contributed by atoms with Gasteiger partial charge in [0.2, 0.25) is 0 Å². The molecule has 0 spiro atoms. The minimum absolute atomic E-state index is 0.101. The number of benzene rings is 2. The molecular weight excluding hydrogens is 503 g/mol. The third kappa shape index (κ3) is 5.01. The molecule has 0 saturated heterocycles. The van der Waals surface area contributed by atoms with Gasteiger partial charge in [0.15, 0.2) is 0 Å². The Morgan fingerprint density at radius 1 is 1.21 bits per heavy atom. The summed E-state index contributed by atoms with van der Waals surface area (Å²) >= 11 is 13.5. The number of anilines is 1. The number of aryl methyl sites for hydroxylation is 1. The Kier molecular flexibility index (Phi) is 6.67. The first-order valence-corrected chi connectivity index (χ1v) is 12.8. The summed E-state index contributed by atoms with van der Waals surface area (Å²) < 4.78 is 33.7. The van der Waals surface area contributed by atoms with Crippen molar-refractivity contribution in [1.82, 2.24) is 13.9 Å². The molecule has 2 aromatic rings. The molecule has 0 saturated carbocycles. The third-order valence-corrected chi connectivity index (χ3v) is 7.75. The van der Waals surface area contributed by atoms with Crippen molar-refractivity contribution >= 4 is 57.0 Å². The zero-order valence-electron chi connectivity index (χ0n) is 17.7. The van der Waals surface area contributed by atoms with Gasteiger partial charge >= 0.3 is 0 Å². The maximum Gasteiger partial charge on any atom is 0.264 e. The normalized spacial score (nSPS) is 14.8. The molecule has 2 aliphatic heterocycles. The van der Waals surface area contributed by atoms with Crippen LogP contribution in [0.15, 0.2) is 71.6 Å². The highest BCUT2D eigenvalue weighted by molar-refractivity contribution is 7.97. The van der Waals surface area contributed by atoms with E-state index in [4.69, 9.17) is 23.2 Å². The Morgan fingerprint density at radius 3 is 2.76 bits per heavy atom. The van der Waals surface area contributed by atoms with E-state index >= 15 is 0 Å². The van der Waals surface area contributed by atoms with E-state index in [1.807, 2.05) is 6.92 Å². The molecular formula is C22H20Cl2N4O3S2. The number of nitrogens with one attached hydrogen (secondary N) is 2. The molecule has 0 atom stereocenters. The molecule has 2 aliphatic rings. The van der Waals surface area contributed by atoms with Crippen molar-refractivity contribution in [2.45, 2.75) is 13.5 Å². The number of allylic oxidation sites excluding steroid dienone is 2. The van der Waals surface area contributed by atoms with Crippen LogP contribution in [0.4, 0.5) is 5.69 Å². The lowest BCUT2D eigenvalue weighted by molar-refractivity contribution is 0.0786. The van der Waals surface area contributed by atoms with Crippen molar-refractivity contribution in [3.8, 4) is 0 Å². The number of carbonyl (C=O) groups is 1. The molecule has 11 heteroatoms. The number of hydrogen-bond donors (Lipinski definition) is 2. The summed E-state index contributed by atoms with van der Waals surface area (Å²) in [4.78, 5) is 14.8. The first-order valence-electron chi connectivity index (χ1n) is 9.79. The van der Waals surface area contributed by atoms with Gasteiger partial charge in [0.1, 0.15) is 4.91 Å². The van der Waals surface area contributed by atoms with Gasteiger partial charge in [0.25, 0.3) is 15.9 Å². The van der Waals surface area contributed by atoms with Crippen LogP contribution < -0.4 is 9.44 Å². The summed E-state index contributed by atoms with van der Waals surface area (Å²) in [5.74, 6) is -0.352. The third-order valence-electron chi connectivity index (χ3n) is 5.01. The number of hydrogen-bond acceptors (Lipinski definition) is 6. The summed E-state index contributed by atoms with van der Waals surface area (Å²) in [5, 5.41) is 0.953. The van der Waals surface area contributed by atoms with Crippen LogP contribution in [0.3, 0.4) is 0 Å². The highest BCUT2D eigenvalue weighted by atomic mass is 35.5. The summed E-state index contributed by atoms with van der Waals surface area (Å²) in [5.41, 5.74) is 2.47. The van der Waals surface area contributed by atoms with Crippen molar-refractivity contribution in [2.24, 2.45) is 0 Å². The molecule has 7 nitrogen and oxygen atoms in total. The molecule has 2 aromatic carbocycles.